The third kappa shape index (κ3) is 3.40. The minimum Gasteiger partial charge on any atom is -0.487 e. The molecule has 24 heavy (non-hydrogen) atoms. The number of nitrogens with zero attached hydrogens (tertiary/aromatic N) is 2. The highest BCUT2D eigenvalue weighted by Gasteiger charge is 2.29. The average molecular weight is 329 g/mol. The van der Waals surface area contributed by atoms with Crippen molar-refractivity contribution in [1.82, 2.24) is 9.13 Å². The quantitative estimate of drug-likeness (QED) is 0.887. The molecular weight excluding hydrogens is 310 g/mol. The molecule has 1 fully saturated rings. The largest absolute Gasteiger partial charge is 0.487 e. The minimum absolute atomic E-state index is 0.0544. The van der Waals surface area contributed by atoms with E-state index in [0.29, 0.717) is 11.4 Å². The van der Waals surface area contributed by atoms with Gasteiger partial charge in [0.15, 0.2) is 0 Å². The maximum absolute atomic E-state index is 11.9. The normalized spacial score (nSPS) is 13.6. The first-order chi connectivity index (χ1) is 11.5. The lowest BCUT2D eigenvalue weighted by atomic mass is 10.3. The zero-order valence-corrected chi connectivity index (χ0v) is 13.6. The summed E-state index contributed by atoms with van der Waals surface area (Å²) in [5.41, 5.74) is 0.462. The van der Waals surface area contributed by atoms with Crippen LogP contribution >= 0.6 is 0 Å². The number of carbonyl (C=O) groups excluding carboxylic acids is 1. The zero-order chi connectivity index (χ0) is 17.3. The number of hydrogen-bond donors (Lipinski definition) is 1. The Morgan fingerprint density at radius 2 is 1.83 bits per heavy atom. The van der Waals surface area contributed by atoms with Gasteiger partial charge in [-0.1, -0.05) is 0 Å². The standard InChI is InChI=1S/C17H19N3O4/c1-19-13(9-15(21)20(2)17(19)23)10-24-14-7-5-12(6-8-14)18-16(22)11-3-4-11/h5-9,11H,3-4,10H2,1-2H3,(H,18,22). The zero-order valence-electron chi connectivity index (χ0n) is 13.6. The molecule has 3 rings (SSSR count). The second-order valence-corrected chi connectivity index (χ2v) is 5.95. The molecule has 1 aliphatic rings. The summed E-state index contributed by atoms with van der Waals surface area (Å²) in [6.07, 6.45) is 1.92. The molecule has 1 N–H and O–H groups in total. The number of anilines is 1. The van der Waals surface area contributed by atoms with E-state index in [1.807, 2.05) is 0 Å². The van der Waals surface area contributed by atoms with Crippen molar-refractivity contribution in [3.05, 3.63) is 56.9 Å². The fourth-order valence-electron chi connectivity index (χ4n) is 2.30. The van der Waals surface area contributed by atoms with Crippen molar-refractivity contribution in [2.24, 2.45) is 20.0 Å². The molecule has 126 valence electrons. The third-order valence-corrected chi connectivity index (χ3v) is 4.08. The highest BCUT2D eigenvalue weighted by Crippen LogP contribution is 2.30. The van der Waals surface area contributed by atoms with E-state index in [4.69, 9.17) is 4.74 Å². The summed E-state index contributed by atoms with van der Waals surface area (Å²) in [5, 5.41) is 2.85. The molecule has 7 heteroatoms. The van der Waals surface area contributed by atoms with Crippen LogP contribution < -0.4 is 21.3 Å². The van der Waals surface area contributed by atoms with Gasteiger partial charge in [-0.3, -0.25) is 18.7 Å². The van der Waals surface area contributed by atoms with Crippen molar-refractivity contribution < 1.29 is 9.53 Å². The fraction of sp³-hybridized carbons (Fsp3) is 0.353. The number of nitrogens with one attached hydrogen (secondary N) is 1. The summed E-state index contributed by atoms with van der Waals surface area (Å²) in [6.45, 7) is 0.107. The van der Waals surface area contributed by atoms with Crippen molar-refractivity contribution >= 4 is 11.6 Å². The van der Waals surface area contributed by atoms with Gasteiger partial charge in [0.05, 0.1) is 5.69 Å². The second-order valence-electron chi connectivity index (χ2n) is 5.95. The molecule has 1 saturated carbocycles. The molecule has 0 spiro atoms. The van der Waals surface area contributed by atoms with E-state index in [-0.39, 0.29) is 29.7 Å². The molecule has 0 aliphatic heterocycles. The second kappa shape index (κ2) is 6.35. The lowest BCUT2D eigenvalue weighted by Gasteiger charge is -2.11. The molecule has 2 aromatic rings. The predicted molar refractivity (Wildman–Crippen MR) is 89.1 cm³/mol. The van der Waals surface area contributed by atoms with E-state index in [1.165, 1.54) is 17.7 Å². The molecular formula is C17H19N3O4. The number of rotatable bonds is 5. The Hall–Kier alpha value is -2.83. The molecule has 0 unspecified atom stereocenters. The van der Waals surface area contributed by atoms with Gasteiger partial charge in [-0.15, -0.1) is 0 Å². The van der Waals surface area contributed by atoms with E-state index in [9.17, 15) is 14.4 Å². The predicted octanol–water partition coefficient (Wildman–Crippen LogP) is 1.01. The summed E-state index contributed by atoms with van der Waals surface area (Å²) in [4.78, 5) is 35.2. The number of ether oxygens (including phenoxy) is 1. The van der Waals surface area contributed by atoms with Crippen molar-refractivity contribution in [2.45, 2.75) is 19.4 Å². The van der Waals surface area contributed by atoms with Crippen LogP contribution in [-0.4, -0.2) is 15.0 Å². The van der Waals surface area contributed by atoms with Crippen LogP contribution in [0.1, 0.15) is 18.5 Å². The fourth-order valence-corrected chi connectivity index (χ4v) is 2.30. The molecule has 7 nitrogen and oxygen atoms in total. The van der Waals surface area contributed by atoms with Crippen LogP contribution in [-0.2, 0) is 25.5 Å². The molecule has 1 aliphatic carbocycles. The van der Waals surface area contributed by atoms with Crippen molar-refractivity contribution in [3.63, 3.8) is 0 Å². The molecule has 0 radical (unpaired) electrons. The minimum atomic E-state index is -0.390. The number of aromatic nitrogens is 2. The lowest BCUT2D eigenvalue weighted by Crippen LogP contribution is -2.38. The van der Waals surface area contributed by atoms with Crippen molar-refractivity contribution in [3.8, 4) is 5.75 Å². The molecule has 1 aromatic carbocycles. The maximum atomic E-state index is 11.9. The Morgan fingerprint density at radius 3 is 2.46 bits per heavy atom. The van der Waals surface area contributed by atoms with E-state index in [0.717, 1.165) is 23.1 Å². The monoisotopic (exact) mass is 329 g/mol. The number of hydrogen-bond acceptors (Lipinski definition) is 4. The lowest BCUT2D eigenvalue weighted by molar-refractivity contribution is -0.117. The van der Waals surface area contributed by atoms with Gasteiger partial charge >= 0.3 is 5.69 Å². The summed E-state index contributed by atoms with van der Waals surface area (Å²) >= 11 is 0. The van der Waals surface area contributed by atoms with E-state index >= 15 is 0 Å². The van der Waals surface area contributed by atoms with Gasteiger partial charge in [0.1, 0.15) is 12.4 Å². The Morgan fingerprint density at radius 1 is 1.17 bits per heavy atom. The summed E-state index contributed by atoms with van der Waals surface area (Å²) in [6, 6.07) is 8.38. The van der Waals surface area contributed by atoms with Gasteiger partial charge < -0.3 is 10.1 Å². The number of carbonyl (C=O) groups is 1. The van der Waals surface area contributed by atoms with Crippen LogP contribution in [0.3, 0.4) is 0 Å². The van der Waals surface area contributed by atoms with Gasteiger partial charge in [-0.2, -0.15) is 0 Å². The number of amides is 1. The average Bonchev–Trinajstić information content (AvgIpc) is 3.41. The summed E-state index contributed by atoms with van der Waals surface area (Å²) < 4.78 is 8.05. The van der Waals surface area contributed by atoms with Crippen molar-refractivity contribution in [1.29, 1.82) is 0 Å². The van der Waals surface area contributed by atoms with Crippen molar-refractivity contribution in [2.75, 3.05) is 5.32 Å². The highest BCUT2D eigenvalue weighted by atomic mass is 16.5. The van der Waals surface area contributed by atoms with Crippen LogP contribution in [0, 0.1) is 5.92 Å². The molecule has 1 amide bonds. The maximum Gasteiger partial charge on any atom is 0.330 e. The topological polar surface area (TPSA) is 82.3 Å². The van der Waals surface area contributed by atoms with Crippen LogP contribution in [0.2, 0.25) is 0 Å². The van der Waals surface area contributed by atoms with Gasteiger partial charge in [0.2, 0.25) is 5.91 Å². The van der Waals surface area contributed by atoms with E-state index in [2.05, 4.69) is 5.32 Å². The Labute approximate surface area is 138 Å². The SMILES string of the molecule is Cn1c(COc2ccc(NC(=O)C3CC3)cc2)cc(=O)n(C)c1=O. The molecule has 0 saturated heterocycles. The van der Waals surface area contributed by atoms with E-state index < -0.39 is 0 Å². The van der Waals surface area contributed by atoms with Crippen LogP contribution in [0.5, 0.6) is 5.75 Å². The summed E-state index contributed by atoms with van der Waals surface area (Å²) in [7, 11) is 3.03. The molecule has 1 heterocycles. The van der Waals surface area contributed by atoms with Crippen LogP contribution in [0.4, 0.5) is 5.69 Å². The molecule has 0 atom stereocenters. The molecule has 0 bridgehead atoms. The van der Waals surface area contributed by atoms with Gasteiger partial charge in [0, 0.05) is 31.8 Å². The highest BCUT2D eigenvalue weighted by molar-refractivity contribution is 5.94. The Bertz CT molecular complexity index is 876. The molecule has 1 aromatic heterocycles. The van der Waals surface area contributed by atoms with E-state index in [1.54, 1.807) is 31.3 Å². The smallest absolute Gasteiger partial charge is 0.330 e. The van der Waals surface area contributed by atoms with Gasteiger partial charge in [0.25, 0.3) is 5.56 Å². The Kier molecular flexibility index (Phi) is 4.24. The first-order valence-corrected chi connectivity index (χ1v) is 7.75. The first-order valence-electron chi connectivity index (χ1n) is 7.75. The van der Waals surface area contributed by atoms with Crippen LogP contribution in [0.15, 0.2) is 39.9 Å². The first kappa shape index (κ1) is 16.0. The summed E-state index contributed by atoms with van der Waals surface area (Å²) in [5.74, 6) is 0.800. The third-order valence-electron chi connectivity index (χ3n) is 4.08. The van der Waals surface area contributed by atoms with Crippen LogP contribution in [0.25, 0.3) is 0 Å². The number of benzene rings is 1. The van der Waals surface area contributed by atoms with Gasteiger partial charge in [-0.25, -0.2) is 4.79 Å². The van der Waals surface area contributed by atoms with Gasteiger partial charge in [-0.05, 0) is 37.1 Å². The Balaban J connectivity index is 1.65.